The minimum Gasteiger partial charge on any atom is -0.330 e. The molecule has 0 aliphatic carbocycles. The summed E-state index contributed by atoms with van der Waals surface area (Å²) in [6.07, 6.45) is 2.27. The average molecular weight is 297 g/mol. The van der Waals surface area contributed by atoms with Crippen LogP contribution in [0.4, 0.5) is 0 Å². The lowest BCUT2D eigenvalue weighted by Crippen LogP contribution is -2.20. The maximum atomic E-state index is 5.79. The molecule has 94 valence electrons. The van der Waals surface area contributed by atoms with Crippen LogP contribution in [-0.2, 0) is 6.42 Å². The van der Waals surface area contributed by atoms with Crippen LogP contribution in [0.2, 0.25) is 0 Å². The lowest BCUT2D eigenvalue weighted by Gasteiger charge is -2.20. The first kappa shape index (κ1) is 13.1. The molecule has 0 radical (unpaired) electrons. The van der Waals surface area contributed by atoms with E-state index in [1.54, 1.807) is 0 Å². The molecule has 0 saturated carbocycles. The van der Waals surface area contributed by atoms with Gasteiger partial charge in [0.25, 0.3) is 0 Å². The summed E-state index contributed by atoms with van der Waals surface area (Å²) in [6.45, 7) is 4.12. The van der Waals surface area contributed by atoms with Gasteiger partial charge in [-0.3, -0.25) is 4.90 Å². The fourth-order valence-corrected chi connectivity index (χ4v) is 3.30. The van der Waals surface area contributed by atoms with E-state index in [0.717, 1.165) is 19.5 Å². The third-order valence-corrected chi connectivity index (χ3v) is 4.20. The zero-order valence-corrected chi connectivity index (χ0v) is 12.2. The molecule has 1 aromatic carbocycles. The van der Waals surface area contributed by atoms with Gasteiger partial charge in [0.1, 0.15) is 0 Å². The SMILES string of the molecule is CCc1cc(Br)cc(C2CC(CN)CN2C)c1. The van der Waals surface area contributed by atoms with Crippen LogP contribution in [0.5, 0.6) is 0 Å². The van der Waals surface area contributed by atoms with Gasteiger partial charge in [-0.15, -0.1) is 0 Å². The highest BCUT2D eigenvalue weighted by molar-refractivity contribution is 9.10. The Kier molecular flexibility index (Phi) is 4.23. The number of hydrogen-bond acceptors (Lipinski definition) is 2. The van der Waals surface area contributed by atoms with E-state index in [4.69, 9.17) is 5.73 Å². The summed E-state index contributed by atoms with van der Waals surface area (Å²) in [5.74, 6) is 0.647. The minimum absolute atomic E-state index is 0.534. The summed E-state index contributed by atoms with van der Waals surface area (Å²) in [7, 11) is 2.20. The second kappa shape index (κ2) is 5.51. The number of aryl methyl sites for hydroxylation is 1. The van der Waals surface area contributed by atoms with Crippen molar-refractivity contribution in [3.8, 4) is 0 Å². The van der Waals surface area contributed by atoms with E-state index in [0.29, 0.717) is 12.0 Å². The Morgan fingerprint density at radius 3 is 2.76 bits per heavy atom. The third kappa shape index (κ3) is 2.90. The second-order valence-corrected chi connectivity index (χ2v) is 5.95. The van der Waals surface area contributed by atoms with Gasteiger partial charge in [-0.2, -0.15) is 0 Å². The maximum Gasteiger partial charge on any atom is 0.0349 e. The zero-order valence-electron chi connectivity index (χ0n) is 10.6. The topological polar surface area (TPSA) is 29.3 Å². The number of nitrogens with zero attached hydrogens (tertiary/aromatic N) is 1. The molecule has 2 nitrogen and oxygen atoms in total. The van der Waals surface area contributed by atoms with Crippen LogP contribution in [0.3, 0.4) is 0 Å². The standard InChI is InChI=1S/C14H21BrN2/c1-3-10-4-12(7-13(15)5-10)14-6-11(8-16)9-17(14)2/h4-5,7,11,14H,3,6,8-9,16H2,1-2H3. The van der Waals surface area contributed by atoms with Crippen LogP contribution in [0.15, 0.2) is 22.7 Å². The highest BCUT2D eigenvalue weighted by Crippen LogP contribution is 2.35. The Labute approximate surface area is 112 Å². The molecule has 2 N–H and O–H groups in total. The van der Waals surface area contributed by atoms with Crippen LogP contribution in [0.1, 0.15) is 30.5 Å². The molecule has 0 spiro atoms. The van der Waals surface area contributed by atoms with Crippen molar-refractivity contribution in [2.45, 2.75) is 25.8 Å². The van der Waals surface area contributed by atoms with E-state index in [9.17, 15) is 0 Å². The number of likely N-dealkylation sites (tertiary alicyclic amines) is 1. The van der Waals surface area contributed by atoms with Crippen LogP contribution >= 0.6 is 15.9 Å². The first-order valence-electron chi connectivity index (χ1n) is 6.33. The second-order valence-electron chi connectivity index (χ2n) is 5.04. The van der Waals surface area contributed by atoms with Crippen LogP contribution < -0.4 is 5.73 Å². The zero-order chi connectivity index (χ0) is 12.4. The minimum atomic E-state index is 0.534. The summed E-state index contributed by atoms with van der Waals surface area (Å²) in [6, 6.07) is 7.33. The number of halogens is 1. The largest absolute Gasteiger partial charge is 0.330 e. The molecule has 0 bridgehead atoms. The molecule has 2 atom stereocenters. The lowest BCUT2D eigenvalue weighted by molar-refractivity contribution is 0.313. The smallest absolute Gasteiger partial charge is 0.0349 e. The van der Waals surface area contributed by atoms with E-state index >= 15 is 0 Å². The molecule has 1 aliphatic heterocycles. The van der Waals surface area contributed by atoms with E-state index in [1.807, 2.05) is 0 Å². The van der Waals surface area contributed by atoms with Gasteiger partial charge in [0.15, 0.2) is 0 Å². The Morgan fingerprint density at radius 1 is 1.41 bits per heavy atom. The summed E-state index contributed by atoms with van der Waals surface area (Å²) >= 11 is 3.61. The monoisotopic (exact) mass is 296 g/mol. The van der Waals surface area contributed by atoms with E-state index < -0.39 is 0 Å². The van der Waals surface area contributed by atoms with Crippen molar-refractivity contribution in [3.05, 3.63) is 33.8 Å². The van der Waals surface area contributed by atoms with Crippen molar-refractivity contribution in [3.63, 3.8) is 0 Å². The van der Waals surface area contributed by atoms with Gasteiger partial charge in [-0.05, 0) is 55.6 Å². The molecule has 0 aromatic heterocycles. The van der Waals surface area contributed by atoms with Crippen molar-refractivity contribution >= 4 is 15.9 Å². The maximum absolute atomic E-state index is 5.79. The predicted octanol–water partition coefficient (Wildman–Crippen LogP) is 2.96. The first-order chi connectivity index (χ1) is 8.13. The fourth-order valence-electron chi connectivity index (χ4n) is 2.74. The Bertz CT molecular complexity index is 392. The summed E-state index contributed by atoms with van der Waals surface area (Å²) in [5.41, 5.74) is 8.61. The van der Waals surface area contributed by atoms with Gasteiger partial charge < -0.3 is 5.73 Å². The molecule has 3 heteroatoms. The fraction of sp³-hybridized carbons (Fsp3) is 0.571. The molecular weight excluding hydrogens is 276 g/mol. The van der Waals surface area contributed by atoms with E-state index in [1.165, 1.54) is 22.0 Å². The van der Waals surface area contributed by atoms with E-state index in [2.05, 4.69) is 53.0 Å². The van der Waals surface area contributed by atoms with Crippen LogP contribution in [0.25, 0.3) is 0 Å². The van der Waals surface area contributed by atoms with Gasteiger partial charge in [-0.25, -0.2) is 0 Å². The highest BCUT2D eigenvalue weighted by atomic mass is 79.9. The molecule has 1 heterocycles. The molecule has 1 aromatic rings. The average Bonchev–Trinajstić information content (AvgIpc) is 2.69. The van der Waals surface area contributed by atoms with Gasteiger partial charge in [-0.1, -0.05) is 28.9 Å². The molecule has 1 fully saturated rings. The first-order valence-corrected chi connectivity index (χ1v) is 7.13. The summed E-state index contributed by atoms with van der Waals surface area (Å²) in [5, 5.41) is 0. The number of hydrogen-bond donors (Lipinski definition) is 1. The number of rotatable bonds is 3. The van der Waals surface area contributed by atoms with Crippen molar-refractivity contribution < 1.29 is 0 Å². The Hall–Kier alpha value is -0.380. The lowest BCUT2D eigenvalue weighted by atomic mass is 9.98. The highest BCUT2D eigenvalue weighted by Gasteiger charge is 2.29. The van der Waals surface area contributed by atoms with Crippen LogP contribution in [0, 0.1) is 5.92 Å². The van der Waals surface area contributed by atoms with E-state index in [-0.39, 0.29) is 0 Å². The molecule has 0 amide bonds. The molecule has 1 aliphatic rings. The van der Waals surface area contributed by atoms with Gasteiger partial charge in [0.05, 0.1) is 0 Å². The van der Waals surface area contributed by atoms with Crippen molar-refractivity contribution in [2.75, 3.05) is 20.1 Å². The molecule has 2 unspecified atom stereocenters. The molecule has 17 heavy (non-hydrogen) atoms. The van der Waals surface area contributed by atoms with Crippen molar-refractivity contribution in [1.82, 2.24) is 4.90 Å². The molecule has 1 saturated heterocycles. The molecule has 2 rings (SSSR count). The Morgan fingerprint density at radius 2 is 2.18 bits per heavy atom. The third-order valence-electron chi connectivity index (χ3n) is 3.74. The predicted molar refractivity (Wildman–Crippen MR) is 76.1 cm³/mol. The summed E-state index contributed by atoms with van der Waals surface area (Å²) < 4.78 is 1.19. The number of benzene rings is 1. The van der Waals surface area contributed by atoms with Gasteiger partial charge in [0, 0.05) is 17.1 Å². The van der Waals surface area contributed by atoms with Gasteiger partial charge >= 0.3 is 0 Å². The number of nitrogens with two attached hydrogens (primary N) is 1. The van der Waals surface area contributed by atoms with Crippen LogP contribution in [-0.4, -0.2) is 25.0 Å². The Balaban J connectivity index is 2.24. The van der Waals surface area contributed by atoms with Crippen molar-refractivity contribution in [2.24, 2.45) is 11.7 Å². The van der Waals surface area contributed by atoms with Gasteiger partial charge in [0.2, 0.25) is 0 Å². The normalized spacial score (nSPS) is 25.4. The molecular formula is C14H21BrN2. The van der Waals surface area contributed by atoms with Crippen molar-refractivity contribution in [1.29, 1.82) is 0 Å². The summed E-state index contributed by atoms with van der Waals surface area (Å²) in [4.78, 5) is 2.43. The quantitative estimate of drug-likeness (QED) is 0.929.